The molecular weight excluding hydrogens is 354 g/mol. The van der Waals surface area contributed by atoms with Crippen molar-refractivity contribution < 1.29 is 14.5 Å². The van der Waals surface area contributed by atoms with E-state index in [2.05, 4.69) is 10.3 Å². The van der Waals surface area contributed by atoms with Crippen LogP contribution in [0.25, 0.3) is 11.3 Å². The van der Waals surface area contributed by atoms with Crippen molar-refractivity contribution in [3.8, 4) is 17.0 Å². The summed E-state index contributed by atoms with van der Waals surface area (Å²) in [5, 5.41) is 15.8. The molecule has 0 aliphatic heterocycles. The van der Waals surface area contributed by atoms with Crippen LogP contribution in [0, 0.1) is 17.0 Å². The zero-order chi connectivity index (χ0) is 18.7. The van der Waals surface area contributed by atoms with Gasteiger partial charge in [-0.25, -0.2) is 4.98 Å². The number of hydrogen-bond acceptors (Lipinski definition) is 6. The number of para-hydroxylation sites is 1. The van der Waals surface area contributed by atoms with Gasteiger partial charge in [0.15, 0.2) is 5.13 Å². The van der Waals surface area contributed by atoms with E-state index in [9.17, 15) is 14.9 Å². The number of nitrogens with one attached hydrogen (secondary N) is 1. The van der Waals surface area contributed by atoms with Crippen LogP contribution in [0.2, 0.25) is 0 Å². The lowest BCUT2D eigenvalue weighted by molar-refractivity contribution is -0.385. The molecular formula is C18H15N3O4S. The first-order valence-corrected chi connectivity index (χ1v) is 8.53. The molecule has 0 saturated heterocycles. The molecule has 1 aromatic heterocycles. The second kappa shape index (κ2) is 7.32. The third-order valence-electron chi connectivity index (χ3n) is 3.70. The molecule has 1 amide bonds. The zero-order valence-corrected chi connectivity index (χ0v) is 14.9. The van der Waals surface area contributed by atoms with Crippen LogP contribution in [0.1, 0.15) is 15.9 Å². The normalized spacial score (nSPS) is 10.4. The van der Waals surface area contributed by atoms with Gasteiger partial charge in [-0.1, -0.05) is 23.8 Å². The highest BCUT2D eigenvalue weighted by atomic mass is 32.1. The van der Waals surface area contributed by atoms with Crippen molar-refractivity contribution in [1.82, 2.24) is 4.98 Å². The Kier molecular flexibility index (Phi) is 4.94. The standard InChI is InChI=1S/C18H15N3O4S/c1-11-7-8-16(25-2)13(9-11)14-10-26-18(19-14)20-17(22)12-5-3-4-6-15(12)21(23)24/h3-10H,1-2H3,(H,19,20,22). The van der Waals surface area contributed by atoms with Gasteiger partial charge in [-0.3, -0.25) is 20.2 Å². The summed E-state index contributed by atoms with van der Waals surface area (Å²) in [6.45, 7) is 1.96. The maximum atomic E-state index is 12.4. The van der Waals surface area contributed by atoms with Gasteiger partial charge >= 0.3 is 0 Å². The Morgan fingerprint density at radius 1 is 1.27 bits per heavy atom. The van der Waals surface area contributed by atoms with Crippen molar-refractivity contribution in [3.63, 3.8) is 0 Å². The maximum absolute atomic E-state index is 12.4. The van der Waals surface area contributed by atoms with E-state index < -0.39 is 10.8 Å². The van der Waals surface area contributed by atoms with Crippen LogP contribution in [-0.2, 0) is 0 Å². The summed E-state index contributed by atoms with van der Waals surface area (Å²) in [6, 6.07) is 11.5. The van der Waals surface area contributed by atoms with Crippen LogP contribution in [0.5, 0.6) is 5.75 Å². The number of anilines is 1. The number of rotatable bonds is 5. The summed E-state index contributed by atoms with van der Waals surface area (Å²) >= 11 is 1.24. The van der Waals surface area contributed by atoms with Gasteiger partial charge in [0, 0.05) is 17.0 Å². The fourth-order valence-corrected chi connectivity index (χ4v) is 3.17. The smallest absolute Gasteiger partial charge is 0.282 e. The number of nitro groups is 1. The summed E-state index contributed by atoms with van der Waals surface area (Å²) in [5.74, 6) is 0.104. The summed E-state index contributed by atoms with van der Waals surface area (Å²) < 4.78 is 5.36. The van der Waals surface area contributed by atoms with Crippen LogP contribution in [0.3, 0.4) is 0 Å². The van der Waals surface area contributed by atoms with E-state index >= 15 is 0 Å². The molecule has 1 N–H and O–H groups in total. The van der Waals surface area contributed by atoms with Crippen molar-refractivity contribution in [1.29, 1.82) is 0 Å². The lowest BCUT2D eigenvalue weighted by atomic mass is 10.1. The fraction of sp³-hybridized carbons (Fsp3) is 0.111. The van der Waals surface area contributed by atoms with Crippen molar-refractivity contribution in [3.05, 3.63) is 69.1 Å². The number of carbonyl (C=O) groups excluding carboxylic acids is 1. The van der Waals surface area contributed by atoms with Crippen LogP contribution in [0.4, 0.5) is 10.8 Å². The van der Waals surface area contributed by atoms with E-state index in [1.54, 1.807) is 18.6 Å². The molecule has 0 unspecified atom stereocenters. The molecule has 0 aliphatic carbocycles. The molecule has 7 nitrogen and oxygen atoms in total. The van der Waals surface area contributed by atoms with Crippen molar-refractivity contribution >= 4 is 28.1 Å². The Hall–Kier alpha value is -3.26. The minimum atomic E-state index is -0.584. The topological polar surface area (TPSA) is 94.4 Å². The van der Waals surface area contributed by atoms with Crippen LogP contribution in [-0.4, -0.2) is 22.9 Å². The van der Waals surface area contributed by atoms with Gasteiger partial charge in [0.2, 0.25) is 0 Å². The van der Waals surface area contributed by atoms with Crippen molar-refractivity contribution in [2.45, 2.75) is 6.92 Å². The molecule has 0 fully saturated rings. The fourth-order valence-electron chi connectivity index (χ4n) is 2.47. The van der Waals surface area contributed by atoms with E-state index in [1.165, 1.54) is 29.5 Å². The van der Waals surface area contributed by atoms with Crippen molar-refractivity contribution in [2.24, 2.45) is 0 Å². The predicted molar refractivity (Wildman–Crippen MR) is 99.9 cm³/mol. The number of ether oxygens (including phenoxy) is 1. The Morgan fingerprint density at radius 2 is 2.04 bits per heavy atom. The molecule has 1 heterocycles. The quantitative estimate of drug-likeness (QED) is 0.535. The molecule has 3 aromatic rings. The van der Waals surface area contributed by atoms with Crippen LogP contribution < -0.4 is 10.1 Å². The first-order chi connectivity index (χ1) is 12.5. The number of benzene rings is 2. The molecule has 8 heteroatoms. The number of nitro benzene ring substituents is 1. The van der Waals surface area contributed by atoms with Gasteiger partial charge in [0.1, 0.15) is 11.3 Å². The molecule has 2 aromatic carbocycles. The molecule has 0 radical (unpaired) electrons. The minimum absolute atomic E-state index is 0.0117. The van der Waals surface area contributed by atoms with Crippen LogP contribution >= 0.6 is 11.3 Å². The number of methoxy groups -OCH3 is 1. The zero-order valence-electron chi connectivity index (χ0n) is 14.1. The highest BCUT2D eigenvalue weighted by Crippen LogP contribution is 2.33. The summed E-state index contributed by atoms with van der Waals surface area (Å²) in [7, 11) is 1.58. The second-order valence-electron chi connectivity index (χ2n) is 5.47. The molecule has 132 valence electrons. The third-order valence-corrected chi connectivity index (χ3v) is 4.46. The van der Waals surface area contributed by atoms with Gasteiger partial charge in [-0.2, -0.15) is 0 Å². The molecule has 0 saturated carbocycles. The van der Waals surface area contributed by atoms with E-state index in [0.717, 1.165) is 11.1 Å². The first-order valence-electron chi connectivity index (χ1n) is 7.65. The first kappa shape index (κ1) is 17.6. The number of hydrogen-bond donors (Lipinski definition) is 1. The summed E-state index contributed by atoms with van der Waals surface area (Å²) in [6.07, 6.45) is 0. The van der Waals surface area contributed by atoms with Crippen LogP contribution in [0.15, 0.2) is 47.8 Å². The van der Waals surface area contributed by atoms with E-state index in [1.807, 2.05) is 25.1 Å². The SMILES string of the molecule is COc1ccc(C)cc1-c1csc(NC(=O)c2ccccc2[N+](=O)[O-])n1. The Balaban J connectivity index is 1.87. The number of nitrogens with zero attached hydrogens (tertiary/aromatic N) is 2. The third kappa shape index (κ3) is 3.55. The Bertz CT molecular complexity index is 984. The number of aromatic nitrogens is 1. The molecule has 26 heavy (non-hydrogen) atoms. The molecule has 0 bridgehead atoms. The number of carbonyl (C=O) groups is 1. The predicted octanol–water partition coefficient (Wildman–Crippen LogP) is 4.29. The molecule has 0 atom stereocenters. The summed E-state index contributed by atoms with van der Waals surface area (Å²) in [4.78, 5) is 27.3. The monoisotopic (exact) mass is 369 g/mol. The van der Waals surface area contributed by atoms with Gasteiger partial charge in [-0.15, -0.1) is 11.3 Å². The van der Waals surface area contributed by atoms with Gasteiger partial charge in [-0.05, 0) is 25.1 Å². The number of amides is 1. The highest BCUT2D eigenvalue weighted by molar-refractivity contribution is 7.14. The van der Waals surface area contributed by atoms with Gasteiger partial charge in [0.05, 0.1) is 17.7 Å². The molecule has 0 spiro atoms. The summed E-state index contributed by atoms with van der Waals surface area (Å²) in [5.41, 5.74) is 2.27. The maximum Gasteiger partial charge on any atom is 0.282 e. The Labute approximate surface area is 153 Å². The minimum Gasteiger partial charge on any atom is -0.496 e. The Morgan fingerprint density at radius 3 is 2.77 bits per heavy atom. The largest absolute Gasteiger partial charge is 0.496 e. The van der Waals surface area contributed by atoms with E-state index in [-0.39, 0.29) is 11.3 Å². The molecule has 0 aliphatic rings. The number of thiazole rings is 1. The lowest BCUT2D eigenvalue weighted by Gasteiger charge is -2.07. The highest BCUT2D eigenvalue weighted by Gasteiger charge is 2.20. The van der Waals surface area contributed by atoms with E-state index in [4.69, 9.17) is 4.74 Å². The van der Waals surface area contributed by atoms with E-state index in [0.29, 0.717) is 16.6 Å². The second-order valence-corrected chi connectivity index (χ2v) is 6.33. The average molecular weight is 369 g/mol. The average Bonchev–Trinajstić information content (AvgIpc) is 3.10. The molecule has 3 rings (SSSR count). The lowest BCUT2D eigenvalue weighted by Crippen LogP contribution is -2.13. The van der Waals surface area contributed by atoms with Gasteiger partial charge in [0.25, 0.3) is 11.6 Å². The van der Waals surface area contributed by atoms with Gasteiger partial charge < -0.3 is 4.74 Å². The van der Waals surface area contributed by atoms with Crippen molar-refractivity contribution in [2.75, 3.05) is 12.4 Å². The number of aryl methyl sites for hydroxylation is 1.